The summed E-state index contributed by atoms with van der Waals surface area (Å²) < 4.78 is 5.60. The van der Waals surface area contributed by atoms with E-state index in [1.54, 1.807) is 0 Å². The van der Waals surface area contributed by atoms with Gasteiger partial charge in [-0.1, -0.05) is 17.7 Å². The van der Waals surface area contributed by atoms with E-state index in [4.69, 9.17) is 16.3 Å². The van der Waals surface area contributed by atoms with Crippen LogP contribution in [-0.2, 0) is 17.6 Å². The van der Waals surface area contributed by atoms with Gasteiger partial charge in [0.2, 0.25) is 0 Å². The lowest BCUT2D eigenvalue weighted by Gasteiger charge is -2.14. The summed E-state index contributed by atoms with van der Waals surface area (Å²) in [7, 11) is 0. The average molecular weight is 336 g/mol. The first-order valence-corrected chi connectivity index (χ1v) is 8.30. The Labute approximate surface area is 137 Å². The summed E-state index contributed by atoms with van der Waals surface area (Å²) in [5.74, 6) is 0.960. The minimum absolute atomic E-state index is 0. The summed E-state index contributed by atoms with van der Waals surface area (Å²) in [6, 6.07) is 4.22. The lowest BCUT2D eigenvalue weighted by molar-refractivity contribution is 0.0920. The third-order valence-corrected chi connectivity index (χ3v) is 4.77. The predicted octanol–water partition coefficient (Wildman–Crippen LogP) is 3.97. The summed E-state index contributed by atoms with van der Waals surface area (Å²) >= 11 is 8.20. The van der Waals surface area contributed by atoms with Crippen molar-refractivity contribution >= 4 is 35.8 Å². The number of halogens is 2. The molecule has 0 aromatic heterocycles. The number of thioether (sulfide) groups is 1. The molecule has 0 amide bonds. The lowest BCUT2D eigenvalue weighted by Crippen LogP contribution is -2.16. The fraction of sp³-hybridized carbons (Fsp3) is 0.600. The molecule has 0 fully saturated rings. The molecule has 114 valence electrons. The second-order valence-electron chi connectivity index (χ2n) is 5.03. The summed E-state index contributed by atoms with van der Waals surface area (Å²) in [4.78, 5) is 1.26. The molecule has 2 rings (SSSR count). The maximum atomic E-state index is 6.37. The zero-order valence-corrected chi connectivity index (χ0v) is 14.5. The Kier molecular flexibility index (Phi) is 8.30. The molecule has 0 saturated carbocycles. The van der Waals surface area contributed by atoms with Crippen molar-refractivity contribution in [3.05, 3.63) is 28.3 Å². The Morgan fingerprint density at radius 3 is 2.80 bits per heavy atom. The normalized spacial score (nSPS) is 14.6. The van der Waals surface area contributed by atoms with Crippen LogP contribution >= 0.6 is 35.8 Å². The molecule has 0 aliphatic carbocycles. The van der Waals surface area contributed by atoms with Crippen molar-refractivity contribution in [1.82, 2.24) is 5.32 Å². The minimum Gasteiger partial charge on any atom is -0.378 e. The molecule has 0 saturated heterocycles. The average Bonchev–Trinajstić information content (AvgIpc) is 2.61. The van der Waals surface area contributed by atoms with E-state index in [1.807, 2.05) is 17.8 Å². The second-order valence-corrected chi connectivity index (χ2v) is 6.54. The molecule has 0 atom stereocenters. The summed E-state index contributed by atoms with van der Waals surface area (Å²) in [5, 5.41) is 4.33. The Bertz CT molecular complexity index is 427. The molecule has 1 N–H and O–H groups in total. The number of hydrogen-bond donors (Lipinski definition) is 1. The van der Waals surface area contributed by atoms with Gasteiger partial charge in [-0.15, -0.1) is 24.2 Å². The van der Waals surface area contributed by atoms with Crippen molar-refractivity contribution in [2.24, 2.45) is 0 Å². The van der Waals surface area contributed by atoms with Gasteiger partial charge in [-0.05, 0) is 57.0 Å². The van der Waals surface area contributed by atoms with Gasteiger partial charge in [0.15, 0.2) is 0 Å². The molecular weight excluding hydrogens is 313 g/mol. The fourth-order valence-electron chi connectivity index (χ4n) is 2.29. The fourth-order valence-corrected chi connectivity index (χ4v) is 3.63. The number of benzene rings is 1. The van der Waals surface area contributed by atoms with Crippen LogP contribution in [0.15, 0.2) is 17.0 Å². The van der Waals surface area contributed by atoms with Gasteiger partial charge in [0.1, 0.15) is 0 Å². The highest BCUT2D eigenvalue weighted by Crippen LogP contribution is 2.34. The number of fused-ring (bicyclic) bond motifs is 1. The smallest absolute Gasteiger partial charge is 0.0563 e. The van der Waals surface area contributed by atoms with Crippen LogP contribution in [0.1, 0.15) is 25.0 Å². The predicted molar refractivity (Wildman–Crippen MR) is 90.8 cm³/mol. The largest absolute Gasteiger partial charge is 0.378 e. The van der Waals surface area contributed by atoms with Gasteiger partial charge >= 0.3 is 0 Å². The Hall–Kier alpha value is 0.0700. The third kappa shape index (κ3) is 5.12. The van der Waals surface area contributed by atoms with Crippen molar-refractivity contribution in [1.29, 1.82) is 0 Å². The molecule has 2 nitrogen and oxygen atoms in total. The van der Waals surface area contributed by atoms with Gasteiger partial charge in [0, 0.05) is 10.6 Å². The van der Waals surface area contributed by atoms with Gasteiger partial charge in [-0.3, -0.25) is 0 Å². The molecule has 1 aliphatic rings. The van der Waals surface area contributed by atoms with Crippen LogP contribution in [0.5, 0.6) is 0 Å². The van der Waals surface area contributed by atoms with E-state index in [1.165, 1.54) is 16.0 Å². The SMILES string of the molecule is CC(C)OCCSc1c(Cl)ccc2c1CCNCC2.Cl. The molecule has 0 radical (unpaired) electrons. The topological polar surface area (TPSA) is 21.3 Å². The quantitative estimate of drug-likeness (QED) is 0.649. The number of nitrogens with one attached hydrogen (secondary N) is 1. The molecule has 1 aromatic carbocycles. The van der Waals surface area contributed by atoms with Gasteiger partial charge in [0.25, 0.3) is 0 Å². The molecule has 0 unspecified atom stereocenters. The second kappa shape index (κ2) is 9.16. The summed E-state index contributed by atoms with van der Waals surface area (Å²) in [6.07, 6.45) is 2.47. The van der Waals surface area contributed by atoms with E-state index in [9.17, 15) is 0 Å². The van der Waals surface area contributed by atoms with Crippen molar-refractivity contribution in [3.63, 3.8) is 0 Å². The first-order chi connectivity index (χ1) is 9.18. The molecule has 5 heteroatoms. The van der Waals surface area contributed by atoms with Gasteiger partial charge in [-0.25, -0.2) is 0 Å². The van der Waals surface area contributed by atoms with Gasteiger partial charge in [-0.2, -0.15) is 0 Å². The van der Waals surface area contributed by atoms with Crippen LogP contribution in [0.3, 0.4) is 0 Å². The summed E-state index contributed by atoms with van der Waals surface area (Å²) in [5.41, 5.74) is 2.88. The van der Waals surface area contributed by atoms with E-state index >= 15 is 0 Å². The Balaban J connectivity index is 0.00000200. The molecule has 0 spiro atoms. The zero-order valence-electron chi connectivity index (χ0n) is 12.1. The van der Waals surface area contributed by atoms with Crippen molar-refractivity contribution in [3.8, 4) is 0 Å². The maximum Gasteiger partial charge on any atom is 0.0563 e. The first kappa shape index (κ1) is 18.1. The number of ether oxygens (including phenoxy) is 1. The maximum absolute atomic E-state index is 6.37. The lowest BCUT2D eigenvalue weighted by atomic mass is 10.0. The van der Waals surface area contributed by atoms with Crippen LogP contribution < -0.4 is 5.32 Å². The van der Waals surface area contributed by atoms with E-state index in [-0.39, 0.29) is 12.4 Å². The molecule has 20 heavy (non-hydrogen) atoms. The van der Waals surface area contributed by atoms with Gasteiger partial charge in [0.05, 0.1) is 17.7 Å². The van der Waals surface area contributed by atoms with Crippen molar-refractivity contribution in [2.45, 2.75) is 37.7 Å². The van der Waals surface area contributed by atoms with E-state index in [2.05, 4.69) is 25.2 Å². The minimum atomic E-state index is 0. The highest BCUT2D eigenvalue weighted by molar-refractivity contribution is 7.99. The van der Waals surface area contributed by atoms with Gasteiger partial charge < -0.3 is 10.1 Å². The van der Waals surface area contributed by atoms with Crippen LogP contribution in [0, 0.1) is 0 Å². The monoisotopic (exact) mass is 335 g/mol. The van der Waals surface area contributed by atoms with Crippen LogP contribution in [0.25, 0.3) is 0 Å². The molecular formula is C15H23Cl2NOS. The van der Waals surface area contributed by atoms with Crippen molar-refractivity contribution in [2.75, 3.05) is 25.4 Å². The van der Waals surface area contributed by atoms with Crippen LogP contribution in [0.4, 0.5) is 0 Å². The highest BCUT2D eigenvalue weighted by atomic mass is 35.5. The highest BCUT2D eigenvalue weighted by Gasteiger charge is 2.15. The third-order valence-electron chi connectivity index (χ3n) is 3.21. The Morgan fingerprint density at radius 1 is 1.30 bits per heavy atom. The van der Waals surface area contributed by atoms with Crippen molar-refractivity contribution < 1.29 is 4.74 Å². The zero-order chi connectivity index (χ0) is 13.7. The first-order valence-electron chi connectivity index (χ1n) is 6.94. The van der Waals surface area contributed by atoms with Crippen LogP contribution in [0.2, 0.25) is 5.02 Å². The standard InChI is InChI=1S/C15H22ClNOS.ClH/c1-11(2)18-9-10-19-15-13-6-8-17-7-5-12(13)3-4-14(15)16;/h3-4,11,17H,5-10H2,1-2H3;1H. The summed E-state index contributed by atoms with van der Waals surface area (Å²) in [6.45, 7) is 7.02. The van der Waals surface area contributed by atoms with Crippen LogP contribution in [-0.4, -0.2) is 31.6 Å². The Morgan fingerprint density at radius 2 is 2.05 bits per heavy atom. The van der Waals surface area contributed by atoms with E-state index < -0.39 is 0 Å². The molecule has 1 aliphatic heterocycles. The van der Waals surface area contributed by atoms with E-state index in [0.29, 0.717) is 6.10 Å². The molecule has 1 aromatic rings. The molecule has 0 bridgehead atoms. The number of rotatable bonds is 5. The molecule has 1 heterocycles. The van der Waals surface area contributed by atoms with E-state index in [0.717, 1.165) is 43.3 Å². The number of hydrogen-bond acceptors (Lipinski definition) is 3.